The molecule has 3 rings (SSSR count). The molecular weight excluding hydrogens is 442 g/mol. The van der Waals surface area contributed by atoms with E-state index in [1.54, 1.807) is 0 Å². The third-order valence-electron chi connectivity index (χ3n) is 5.69. The Kier molecular flexibility index (Phi) is 5.36. The number of non-ortho nitro benzene ring substituents is 1. The number of alkyl halides is 6. The monoisotopic (exact) mass is 456 g/mol. The van der Waals surface area contributed by atoms with E-state index in [1.165, 1.54) is 0 Å². The molecule has 2 N–H and O–H groups in total. The molecule has 1 aromatic rings. The van der Waals surface area contributed by atoms with Crippen LogP contribution < -0.4 is 5.43 Å². The van der Waals surface area contributed by atoms with Crippen molar-refractivity contribution in [2.45, 2.75) is 37.2 Å². The van der Waals surface area contributed by atoms with E-state index in [0.29, 0.717) is 6.07 Å². The van der Waals surface area contributed by atoms with Crippen LogP contribution >= 0.6 is 0 Å². The molecule has 0 heterocycles. The number of hydrogen-bond acceptors (Lipinski definition) is 7. The number of hydrazone groups is 1. The van der Waals surface area contributed by atoms with Gasteiger partial charge in [0.2, 0.25) is 0 Å². The molecule has 170 valence electrons. The number of aliphatic hydroxyl groups is 1. The molecule has 0 aromatic heterocycles. The van der Waals surface area contributed by atoms with E-state index in [-0.39, 0.29) is 19.3 Å². The molecule has 3 unspecified atom stereocenters. The van der Waals surface area contributed by atoms with Gasteiger partial charge < -0.3 is 5.11 Å². The highest BCUT2D eigenvalue weighted by atomic mass is 19.4. The van der Waals surface area contributed by atoms with Gasteiger partial charge in [0.15, 0.2) is 0 Å². The number of hydrogen-bond donors (Lipinski definition) is 2. The smallest absolute Gasteiger partial charge is 0.373 e. The molecule has 0 radical (unpaired) electrons. The van der Waals surface area contributed by atoms with Crippen LogP contribution in [0.5, 0.6) is 0 Å². The van der Waals surface area contributed by atoms with Crippen molar-refractivity contribution in [2.24, 2.45) is 22.9 Å². The van der Waals surface area contributed by atoms with Gasteiger partial charge in [-0.15, -0.1) is 0 Å². The predicted octanol–water partition coefficient (Wildman–Crippen LogP) is 4.17. The highest BCUT2D eigenvalue weighted by Gasteiger charge is 2.77. The second-order valence-electron chi connectivity index (χ2n) is 7.37. The quantitative estimate of drug-likeness (QED) is 0.388. The zero-order chi connectivity index (χ0) is 23.4. The summed E-state index contributed by atoms with van der Waals surface area (Å²) in [5.74, 6) is -4.34. The first kappa shape index (κ1) is 22.7. The van der Waals surface area contributed by atoms with Crippen molar-refractivity contribution in [2.75, 3.05) is 5.43 Å². The van der Waals surface area contributed by atoms with Gasteiger partial charge in [0, 0.05) is 17.7 Å². The van der Waals surface area contributed by atoms with E-state index >= 15 is 0 Å². The summed E-state index contributed by atoms with van der Waals surface area (Å²) in [6.07, 6.45) is -11.9. The fraction of sp³-hybridized carbons (Fsp3) is 0.562. The maximum Gasteiger partial charge on any atom is 0.426 e. The van der Waals surface area contributed by atoms with Crippen molar-refractivity contribution < 1.29 is 41.3 Å². The van der Waals surface area contributed by atoms with Crippen LogP contribution in [0.3, 0.4) is 0 Å². The number of nitro benzene ring substituents is 2. The zero-order valence-electron chi connectivity index (χ0n) is 15.3. The fourth-order valence-electron chi connectivity index (χ4n) is 4.32. The molecule has 2 bridgehead atoms. The van der Waals surface area contributed by atoms with Crippen LogP contribution in [0.2, 0.25) is 0 Å². The molecule has 2 aliphatic carbocycles. The van der Waals surface area contributed by atoms with Gasteiger partial charge in [-0.1, -0.05) is 0 Å². The topological polar surface area (TPSA) is 131 Å². The Morgan fingerprint density at radius 3 is 2.16 bits per heavy atom. The summed E-state index contributed by atoms with van der Waals surface area (Å²) in [5, 5.41) is 35.4. The van der Waals surface area contributed by atoms with Crippen LogP contribution in [0.1, 0.15) is 19.3 Å². The Balaban J connectivity index is 2.04. The number of nitrogens with one attached hydrogen (secondary N) is 1. The molecule has 1 aromatic carbocycles. The second kappa shape index (κ2) is 7.32. The standard InChI is InChI=1S/C16H14F6N4O5/c17-15(18,19)14(27,16(20,21)22)12-7-1-2-8(5-7)13(12)24-23-10-4-3-9(25(28)29)6-11(10)26(30)31/h3-4,6-8,12,23,27H,1-2,5H2/b24-13-. The van der Waals surface area contributed by atoms with Gasteiger partial charge in [0.1, 0.15) is 5.69 Å². The van der Waals surface area contributed by atoms with Crippen molar-refractivity contribution in [1.82, 2.24) is 0 Å². The number of nitro groups is 2. The average Bonchev–Trinajstić information content (AvgIpc) is 3.24. The van der Waals surface area contributed by atoms with Crippen molar-refractivity contribution in [3.8, 4) is 0 Å². The van der Waals surface area contributed by atoms with Crippen molar-refractivity contribution >= 4 is 22.8 Å². The Morgan fingerprint density at radius 2 is 1.65 bits per heavy atom. The van der Waals surface area contributed by atoms with Crippen molar-refractivity contribution in [1.29, 1.82) is 0 Å². The molecule has 2 aliphatic rings. The molecule has 2 saturated carbocycles. The lowest BCUT2D eigenvalue weighted by atomic mass is 9.74. The summed E-state index contributed by atoms with van der Waals surface area (Å²) in [6.45, 7) is 0. The number of nitrogens with zero attached hydrogens (tertiary/aromatic N) is 3. The fourth-order valence-corrected chi connectivity index (χ4v) is 4.32. The van der Waals surface area contributed by atoms with Gasteiger partial charge in [0.05, 0.1) is 15.9 Å². The third kappa shape index (κ3) is 3.66. The van der Waals surface area contributed by atoms with E-state index in [9.17, 15) is 51.7 Å². The second-order valence-corrected chi connectivity index (χ2v) is 7.37. The normalized spacial score (nSPS) is 25.1. The highest BCUT2D eigenvalue weighted by Crippen LogP contribution is 2.58. The Hall–Kier alpha value is -2.97. The summed E-state index contributed by atoms with van der Waals surface area (Å²) in [7, 11) is 0. The summed E-state index contributed by atoms with van der Waals surface area (Å²) >= 11 is 0. The minimum Gasteiger partial charge on any atom is -0.373 e. The van der Waals surface area contributed by atoms with Gasteiger partial charge in [-0.3, -0.25) is 25.7 Å². The first-order chi connectivity index (χ1) is 14.2. The molecule has 9 nitrogen and oxygen atoms in total. The maximum atomic E-state index is 13.4. The number of rotatable bonds is 5. The van der Waals surface area contributed by atoms with E-state index in [4.69, 9.17) is 0 Å². The molecule has 3 atom stereocenters. The van der Waals surface area contributed by atoms with Crippen LogP contribution in [0.4, 0.5) is 43.4 Å². The summed E-state index contributed by atoms with van der Waals surface area (Å²) < 4.78 is 80.4. The lowest BCUT2D eigenvalue weighted by Crippen LogP contribution is -2.64. The highest BCUT2D eigenvalue weighted by molar-refractivity contribution is 5.94. The third-order valence-corrected chi connectivity index (χ3v) is 5.69. The van der Waals surface area contributed by atoms with Gasteiger partial charge in [-0.05, 0) is 37.2 Å². The minimum atomic E-state index is -6.04. The summed E-state index contributed by atoms with van der Waals surface area (Å²) in [4.78, 5) is 20.0. The molecule has 0 amide bonds. The predicted molar refractivity (Wildman–Crippen MR) is 92.2 cm³/mol. The number of anilines is 1. The first-order valence-corrected chi connectivity index (χ1v) is 8.80. The van der Waals surface area contributed by atoms with E-state index < -0.39 is 68.3 Å². The van der Waals surface area contributed by atoms with E-state index in [2.05, 4.69) is 10.5 Å². The summed E-state index contributed by atoms with van der Waals surface area (Å²) in [5.41, 5.74) is -5.53. The molecule has 31 heavy (non-hydrogen) atoms. The SMILES string of the molecule is O=[N+]([O-])c1ccc(N/N=C2/C3CCC(C3)C2C(O)(C(F)(F)F)C(F)(F)F)c([N+](=O)[O-])c1. The summed E-state index contributed by atoms with van der Waals surface area (Å²) in [6, 6.07) is 2.29. The Labute approximate surface area is 169 Å². The van der Waals surface area contributed by atoms with Crippen LogP contribution in [0, 0.1) is 38.0 Å². The average molecular weight is 456 g/mol. The van der Waals surface area contributed by atoms with Crippen LogP contribution in [0.25, 0.3) is 0 Å². The van der Waals surface area contributed by atoms with Crippen molar-refractivity contribution in [3.05, 3.63) is 38.4 Å². The molecule has 0 aliphatic heterocycles. The first-order valence-electron chi connectivity index (χ1n) is 8.80. The number of fused-ring (bicyclic) bond motifs is 2. The molecule has 15 heteroatoms. The van der Waals surface area contributed by atoms with E-state index in [0.717, 1.165) is 12.1 Å². The van der Waals surface area contributed by atoms with E-state index in [1.807, 2.05) is 0 Å². The maximum absolute atomic E-state index is 13.4. The Bertz CT molecular complexity index is 933. The lowest BCUT2D eigenvalue weighted by Gasteiger charge is -2.41. The Morgan fingerprint density at radius 1 is 1.03 bits per heavy atom. The molecular formula is C16H14F6N4O5. The van der Waals surface area contributed by atoms with Crippen molar-refractivity contribution in [3.63, 3.8) is 0 Å². The number of halogens is 6. The van der Waals surface area contributed by atoms with Gasteiger partial charge in [-0.25, -0.2) is 0 Å². The number of benzene rings is 1. The van der Waals surface area contributed by atoms with Gasteiger partial charge in [0.25, 0.3) is 11.3 Å². The molecule has 0 spiro atoms. The van der Waals surface area contributed by atoms with Crippen LogP contribution in [-0.2, 0) is 0 Å². The largest absolute Gasteiger partial charge is 0.426 e. The zero-order valence-corrected chi connectivity index (χ0v) is 15.3. The molecule has 0 saturated heterocycles. The van der Waals surface area contributed by atoms with Gasteiger partial charge in [-0.2, -0.15) is 31.4 Å². The van der Waals surface area contributed by atoms with Crippen LogP contribution in [-0.4, -0.2) is 38.6 Å². The van der Waals surface area contributed by atoms with Crippen LogP contribution in [0.15, 0.2) is 23.3 Å². The molecule has 2 fully saturated rings. The minimum absolute atomic E-state index is 0.0283. The van der Waals surface area contributed by atoms with Gasteiger partial charge >= 0.3 is 18.0 Å². The lowest BCUT2D eigenvalue weighted by molar-refractivity contribution is -0.393.